The van der Waals surface area contributed by atoms with E-state index in [4.69, 9.17) is 21.9 Å². The molecule has 0 fully saturated rings. The van der Waals surface area contributed by atoms with E-state index in [-0.39, 0.29) is 6.04 Å². The van der Waals surface area contributed by atoms with Crippen LogP contribution >= 0.6 is 27.5 Å². The van der Waals surface area contributed by atoms with Crippen molar-refractivity contribution in [2.75, 3.05) is 20.6 Å². The second-order valence-corrected chi connectivity index (χ2v) is 5.87. The van der Waals surface area contributed by atoms with Crippen LogP contribution in [0.15, 0.2) is 27.2 Å². The molecule has 2 aromatic rings. The molecule has 0 amide bonds. The summed E-state index contributed by atoms with van der Waals surface area (Å²) in [5.41, 5.74) is 3.65. The van der Waals surface area contributed by atoms with Gasteiger partial charge in [-0.2, -0.15) is 5.10 Å². The smallest absolute Gasteiger partial charge is 0.193 e. The number of likely N-dealkylation sites (N-methyl/N-ethyl adjacent to an activating group) is 1. The van der Waals surface area contributed by atoms with Crippen molar-refractivity contribution in [3.63, 3.8) is 0 Å². The van der Waals surface area contributed by atoms with Crippen molar-refractivity contribution in [1.29, 1.82) is 0 Å². The van der Waals surface area contributed by atoms with Crippen LogP contribution in [0.25, 0.3) is 0 Å². The molecule has 0 bridgehead atoms. The average Bonchev–Trinajstić information content (AvgIpc) is 2.97. The molecule has 0 radical (unpaired) electrons. The number of nitrogens with one attached hydrogen (secondary N) is 1. The number of hydrogen-bond acceptors (Lipinski definition) is 5. The van der Waals surface area contributed by atoms with Gasteiger partial charge in [0.25, 0.3) is 0 Å². The summed E-state index contributed by atoms with van der Waals surface area (Å²) < 4.78 is 8.21. The molecule has 3 N–H and O–H groups in total. The zero-order valence-corrected chi connectivity index (χ0v) is 13.6. The fourth-order valence-electron chi connectivity index (χ4n) is 1.91. The summed E-state index contributed by atoms with van der Waals surface area (Å²) >= 11 is 9.33. The number of aromatic nitrogens is 2. The largest absolute Gasteiger partial charge is 0.448 e. The van der Waals surface area contributed by atoms with Gasteiger partial charge in [0.15, 0.2) is 5.22 Å². The van der Waals surface area contributed by atoms with E-state index in [2.05, 4.69) is 31.4 Å². The molecule has 110 valence electrons. The maximum Gasteiger partial charge on any atom is 0.193 e. The first-order valence-electron chi connectivity index (χ1n) is 6.10. The van der Waals surface area contributed by atoms with Gasteiger partial charge in [-0.3, -0.25) is 10.5 Å². The average molecular weight is 363 g/mol. The Labute approximate surface area is 131 Å². The van der Waals surface area contributed by atoms with E-state index in [0.29, 0.717) is 11.0 Å². The summed E-state index contributed by atoms with van der Waals surface area (Å²) in [7, 11) is 4.03. The Balaban J connectivity index is 2.31. The predicted octanol–water partition coefficient (Wildman–Crippen LogP) is 2.01. The summed E-state index contributed by atoms with van der Waals surface area (Å²) in [6.07, 6.45) is 1.75. The van der Waals surface area contributed by atoms with Crippen molar-refractivity contribution >= 4 is 27.5 Å². The number of nitrogens with zero attached hydrogens (tertiary/aromatic N) is 3. The van der Waals surface area contributed by atoms with Crippen molar-refractivity contribution in [1.82, 2.24) is 20.1 Å². The normalized spacial score (nSPS) is 13.1. The van der Waals surface area contributed by atoms with Gasteiger partial charge in [0.2, 0.25) is 0 Å². The molecule has 2 heterocycles. The molecule has 0 aliphatic rings. The van der Waals surface area contributed by atoms with Crippen molar-refractivity contribution in [3.05, 3.63) is 39.5 Å². The van der Waals surface area contributed by atoms with E-state index < -0.39 is 0 Å². The highest BCUT2D eigenvalue weighted by Gasteiger charge is 2.23. The van der Waals surface area contributed by atoms with E-state index in [1.54, 1.807) is 18.3 Å². The molecular formula is C12H17BrClN5O. The highest BCUT2D eigenvalue weighted by Crippen LogP contribution is 2.30. The molecule has 8 heteroatoms. The fraction of sp³-hybridized carbons (Fsp3) is 0.417. The summed E-state index contributed by atoms with van der Waals surface area (Å²) in [5.74, 6) is 6.32. The van der Waals surface area contributed by atoms with Crippen LogP contribution in [0.3, 0.4) is 0 Å². The van der Waals surface area contributed by atoms with Crippen LogP contribution in [-0.4, -0.2) is 35.3 Å². The number of rotatable bonds is 6. The molecule has 2 aromatic heterocycles. The van der Waals surface area contributed by atoms with Gasteiger partial charge in [-0.05, 0) is 53.8 Å². The first kappa shape index (κ1) is 15.5. The Hall–Kier alpha value is -0.860. The van der Waals surface area contributed by atoms with Crippen LogP contribution in [-0.2, 0) is 6.54 Å². The molecule has 20 heavy (non-hydrogen) atoms. The van der Waals surface area contributed by atoms with Crippen molar-refractivity contribution in [3.8, 4) is 0 Å². The van der Waals surface area contributed by atoms with E-state index >= 15 is 0 Å². The van der Waals surface area contributed by atoms with Gasteiger partial charge in [-0.1, -0.05) is 0 Å². The third-order valence-corrected chi connectivity index (χ3v) is 3.72. The monoisotopic (exact) mass is 361 g/mol. The third-order valence-electron chi connectivity index (χ3n) is 2.91. The van der Waals surface area contributed by atoms with Crippen LogP contribution in [0.4, 0.5) is 0 Å². The lowest BCUT2D eigenvalue weighted by Crippen LogP contribution is -2.31. The lowest BCUT2D eigenvalue weighted by molar-refractivity contribution is 0.360. The van der Waals surface area contributed by atoms with Gasteiger partial charge in [0.1, 0.15) is 11.8 Å². The minimum atomic E-state index is -0.318. The minimum Gasteiger partial charge on any atom is -0.448 e. The summed E-state index contributed by atoms with van der Waals surface area (Å²) in [6.45, 7) is 1.62. The topological polar surface area (TPSA) is 72.2 Å². The minimum absolute atomic E-state index is 0.318. The Morgan fingerprint density at radius 3 is 2.85 bits per heavy atom. The molecule has 1 atom stereocenters. The van der Waals surface area contributed by atoms with Crippen LogP contribution in [0.2, 0.25) is 5.22 Å². The zero-order valence-electron chi connectivity index (χ0n) is 11.3. The van der Waals surface area contributed by atoms with Crippen LogP contribution < -0.4 is 11.3 Å². The highest BCUT2D eigenvalue weighted by molar-refractivity contribution is 9.10. The van der Waals surface area contributed by atoms with Crippen molar-refractivity contribution in [2.45, 2.75) is 12.6 Å². The van der Waals surface area contributed by atoms with Crippen molar-refractivity contribution < 1.29 is 4.42 Å². The molecular weight excluding hydrogens is 346 g/mol. The molecule has 2 rings (SSSR count). The number of furan rings is 1. The van der Waals surface area contributed by atoms with Gasteiger partial charge in [-0.25, -0.2) is 5.43 Å². The number of hydrazine groups is 1. The molecule has 0 aliphatic carbocycles. The van der Waals surface area contributed by atoms with E-state index in [0.717, 1.165) is 23.3 Å². The summed E-state index contributed by atoms with van der Waals surface area (Å²) in [6, 6.07) is 3.17. The van der Waals surface area contributed by atoms with Gasteiger partial charge in [0.05, 0.1) is 22.9 Å². The molecule has 1 unspecified atom stereocenters. The second-order valence-electron chi connectivity index (χ2n) is 4.65. The Bertz CT molecular complexity index is 568. The van der Waals surface area contributed by atoms with Crippen LogP contribution in [0, 0.1) is 0 Å². The van der Waals surface area contributed by atoms with Crippen LogP contribution in [0.1, 0.15) is 17.5 Å². The zero-order chi connectivity index (χ0) is 14.7. The maximum atomic E-state index is 5.83. The molecule has 0 aromatic carbocycles. The Morgan fingerprint density at radius 1 is 1.55 bits per heavy atom. The van der Waals surface area contributed by atoms with Crippen molar-refractivity contribution in [2.24, 2.45) is 5.84 Å². The highest BCUT2D eigenvalue weighted by atomic mass is 79.9. The van der Waals surface area contributed by atoms with E-state index in [9.17, 15) is 0 Å². The lowest BCUT2D eigenvalue weighted by atomic mass is 10.1. The Morgan fingerprint density at radius 2 is 2.30 bits per heavy atom. The molecule has 0 aliphatic heterocycles. The first-order chi connectivity index (χ1) is 9.52. The van der Waals surface area contributed by atoms with Crippen LogP contribution in [0.5, 0.6) is 0 Å². The molecule has 0 saturated carbocycles. The lowest BCUT2D eigenvalue weighted by Gasteiger charge is -2.18. The van der Waals surface area contributed by atoms with Gasteiger partial charge < -0.3 is 9.32 Å². The van der Waals surface area contributed by atoms with Gasteiger partial charge in [0, 0.05) is 6.54 Å². The molecule has 0 saturated heterocycles. The molecule has 6 nitrogen and oxygen atoms in total. The number of hydrogen-bond donors (Lipinski definition) is 2. The second kappa shape index (κ2) is 6.73. The maximum absolute atomic E-state index is 5.83. The first-order valence-corrected chi connectivity index (χ1v) is 7.27. The number of halogens is 2. The SMILES string of the molecule is CN(C)CCn1ncc(Br)c1C(NN)c1ccc(Cl)o1. The quantitative estimate of drug-likeness (QED) is 0.607. The fourth-order valence-corrected chi connectivity index (χ4v) is 2.59. The predicted molar refractivity (Wildman–Crippen MR) is 81.4 cm³/mol. The third kappa shape index (κ3) is 3.42. The summed E-state index contributed by atoms with van der Waals surface area (Å²) in [5, 5.41) is 4.69. The van der Waals surface area contributed by atoms with E-state index in [1.807, 2.05) is 18.8 Å². The van der Waals surface area contributed by atoms with Gasteiger partial charge in [-0.15, -0.1) is 0 Å². The summed E-state index contributed by atoms with van der Waals surface area (Å²) in [4.78, 5) is 2.09. The standard InChI is InChI=1S/C12H17BrClN5O/c1-18(2)5-6-19-12(8(13)7-16-19)11(17-15)9-3-4-10(14)20-9/h3-4,7,11,17H,5-6,15H2,1-2H3. The van der Waals surface area contributed by atoms with Gasteiger partial charge >= 0.3 is 0 Å². The number of nitrogens with two attached hydrogens (primary N) is 1. The van der Waals surface area contributed by atoms with E-state index in [1.165, 1.54) is 0 Å². The Kier molecular flexibility index (Phi) is 5.22. The molecule has 0 spiro atoms.